The molecular weight excluding hydrogens is 474 g/mol. The zero-order chi connectivity index (χ0) is 27.1. The largest absolute Gasteiger partial charge is 0.450 e. The molecule has 5 saturated carbocycles. The highest BCUT2D eigenvalue weighted by Gasteiger charge is 2.64. The van der Waals surface area contributed by atoms with Crippen molar-refractivity contribution in [3.8, 4) is 0 Å². The number of hydrogen-bond donors (Lipinski definition) is 3. The van der Waals surface area contributed by atoms with Crippen LogP contribution >= 0.6 is 0 Å². The summed E-state index contributed by atoms with van der Waals surface area (Å²) in [5.41, 5.74) is 0.570. The molecule has 5 fully saturated rings. The molecule has 5 rings (SSSR count). The molecule has 5 aliphatic carbocycles. The fourth-order valence-corrected chi connectivity index (χ4v) is 11.2. The molecule has 11 atom stereocenters. The Labute approximate surface area is 232 Å². The lowest BCUT2D eigenvalue weighted by atomic mass is 9.41. The Morgan fingerprint density at radius 3 is 2.39 bits per heavy atom. The van der Waals surface area contributed by atoms with E-state index in [2.05, 4.69) is 33.0 Å². The van der Waals surface area contributed by atoms with Crippen molar-refractivity contribution >= 4 is 6.09 Å². The minimum absolute atomic E-state index is 0.182. The number of hydrogen-bond acceptors (Lipinski definition) is 4. The van der Waals surface area contributed by atoms with Crippen LogP contribution in [0.15, 0.2) is 0 Å². The summed E-state index contributed by atoms with van der Waals surface area (Å²) < 4.78 is 5.57. The molecular formula is C33H57NO4. The lowest BCUT2D eigenvalue weighted by Crippen LogP contribution is -2.62. The molecule has 5 heteroatoms. The Morgan fingerprint density at radius 2 is 1.66 bits per heavy atom. The van der Waals surface area contributed by atoms with Gasteiger partial charge in [0.05, 0.1) is 18.8 Å². The average Bonchev–Trinajstić information content (AvgIpc) is 3.25. The number of aliphatic hydroxyl groups excluding tert-OH is 2. The molecule has 1 amide bonds. The second kappa shape index (κ2) is 11.6. The number of aliphatic hydroxyl groups is 2. The summed E-state index contributed by atoms with van der Waals surface area (Å²) in [5, 5.41) is 25.5. The van der Waals surface area contributed by atoms with Crippen molar-refractivity contribution in [2.45, 2.75) is 142 Å². The van der Waals surface area contributed by atoms with E-state index in [0.717, 1.165) is 51.4 Å². The van der Waals surface area contributed by atoms with Crippen LogP contribution in [0.25, 0.3) is 0 Å². The molecule has 0 aromatic carbocycles. The SMILES string of the molecule is CC[C@@H]1C2C[C@H](O)CC[C@]2(C)[C@H]2CC[C@]3(C)[C@@H]([C@H](C)CCCOC(=O)NC4CCCCC4)CC[C@H]3[C@@H]2[C@@H]1O. The maximum absolute atomic E-state index is 12.2. The summed E-state index contributed by atoms with van der Waals surface area (Å²) in [6.07, 6.45) is 16.3. The van der Waals surface area contributed by atoms with Crippen molar-refractivity contribution in [2.75, 3.05) is 6.61 Å². The van der Waals surface area contributed by atoms with E-state index in [-0.39, 0.29) is 23.7 Å². The van der Waals surface area contributed by atoms with E-state index in [1.54, 1.807) is 0 Å². The molecule has 3 N–H and O–H groups in total. The molecule has 0 bridgehead atoms. The van der Waals surface area contributed by atoms with Gasteiger partial charge in [-0.2, -0.15) is 0 Å². The summed E-state index contributed by atoms with van der Waals surface area (Å²) in [4.78, 5) is 12.2. The highest BCUT2D eigenvalue weighted by atomic mass is 16.5. The highest BCUT2D eigenvalue weighted by Crippen LogP contribution is 2.69. The third-order valence-corrected chi connectivity index (χ3v) is 13.1. The smallest absolute Gasteiger partial charge is 0.407 e. The fourth-order valence-electron chi connectivity index (χ4n) is 11.2. The first-order chi connectivity index (χ1) is 18.2. The van der Waals surface area contributed by atoms with Gasteiger partial charge < -0.3 is 20.3 Å². The van der Waals surface area contributed by atoms with Gasteiger partial charge in [0.2, 0.25) is 0 Å². The molecule has 1 unspecified atom stereocenters. The van der Waals surface area contributed by atoms with Gasteiger partial charge in [-0.15, -0.1) is 0 Å². The van der Waals surface area contributed by atoms with E-state index in [9.17, 15) is 15.0 Å². The normalized spacial score (nSPS) is 45.9. The minimum Gasteiger partial charge on any atom is -0.450 e. The van der Waals surface area contributed by atoms with Gasteiger partial charge in [0.1, 0.15) is 0 Å². The number of carbonyl (C=O) groups is 1. The molecule has 0 radical (unpaired) electrons. The number of nitrogens with one attached hydrogen (secondary N) is 1. The third-order valence-electron chi connectivity index (χ3n) is 13.1. The molecule has 0 heterocycles. The number of amides is 1. The number of ether oxygens (including phenoxy) is 1. The van der Waals surface area contributed by atoms with E-state index in [4.69, 9.17) is 4.74 Å². The summed E-state index contributed by atoms with van der Waals surface area (Å²) in [6.45, 7) is 10.3. The van der Waals surface area contributed by atoms with Crippen LogP contribution in [0.4, 0.5) is 4.79 Å². The summed E-state index contributed by atoms with van der Waals surface area (Å²) in [5.74, 6) is 3.72. The molecule has 5 aliphatic rings. The van der Waals surface area contributed by atoms with Crippen molar-refractivity contribution in [2.24, 2.45) is 52.3 Å². The van der Waals surface area contributed by atoms with Gasteiger partial charge in [-0.25, -0.2) is 4.79 Å². The second-order valence-corrected chi connectivity index (χ2v) is 14.9. The van der Waals surface area contributed by atoms with Crippen LogP contribution in [-0.2, 0) is 4.74 Å². The summed E-state index contributed by atoms with van der Waals surface area (Å²) in [6, 6.07) is 0.305. The Kier molecular flexibility index (Phi) is 8.75. The Balaban J connectivity index is 1.18. The summed E-state index contributed by atoms with van der Waals surface area (Å²) >= 11 is 0. The number of rotatable bonds is 7. The van der Waals surface area contributed by atoms with Crippen molar-refractivity contribution in [3.63, 3.8) is 0 Å². The van der Waals surface area contributed by atoms with Crippen molar-refractivity contribution in [1.82, 2.24) is 5.32 Å². The van der Waals surface area contributed by atoms with Gasteiger partial charge in [0, 0.05) is 6.04 Å². The van der Waals surface area contributed by atoms with Crippen LogP contribution in [-0.4, -0.2) is 41.2 Å². The minimum atomic E-state index is -0.227. The van der Waals surface area contributed by atoms with Crippen molar-refractivity contribution < 1.29 is 19.7 Å². The first kappa shape index (κ1) is 28.7. The molecule has 218 valence electrons. The van der Waals surface area contributed by atoms with Crippen LogP contribution in [0.3, 0.4) is 0 Å². The Bertz CT molecular complexity index is 813. The topological polar surface area (TPSA) is 78.8 Å². The van der Waals surface area contributed by atoms with Gasteiger partial charge in [-0.05, 0) is 123 Å². The number of alkyl carbamates (subject to hydrolysis) is 1. The van der Waals surface area contributed by atoms with Gasteiger partial charge in [-0.3, -0.25) is 0 Å². The van der Waals surface area contributed by atoms with E-state index >= 15 is 0 Å². The van der Waals surface area contributed by atoms with Crippen LogP contribution in [0, 0.1) is 52.3 Å². The predicted molar refractivity (Wildman–Crippen MR) is 152 cm³/mol. The first-order valence-corrected chi connectivity index (χ1v) is 16.5. The zero-order valence-corrected chi connectivity index (χ0v) is 24.8. The second-order valence-electron chi connectivity index (χ2n) is 14.9. The monoisotopic (exact) mass is 531 g/mol. The van der Waals surface area contributed by atoms with Crippen LogP contribution < -0.4 is 5.32 Å². The van der Waals surface area contributed by atoms with Gasteiger partial charge in [0.15, 0.2) is 0 Å². The van der Waals surface area contributed by atoms with E-state index in [0.29, 0.717) is 59.5 Å². The average molecular weight is 532 g/mol. The van der Waals surface area contributed by atoms with Crippen LogP contribution in [0.2, 0.25) is 0 Å². The quantitative estimate of drug-likeness (QED) is 0.307. The van der Waals surface area contributed by atoms with Crippen molar-refractivity contribution in [1.29, 1.82) is 0 Å². The molecule has 0 saturated heterocycles. The van der Waals surface area contributed by atoms with Crippen LogP contribution in [0.1, 0.15) is 124 Å². The molecule has 0 aliphatic heterocycles. The Morgan fingerprint density at radius 1 is 0.947 bits per heavy atom. The molecule has 38 heavy (non-hydrogen) atoms. The standard InChI is InChI=1S/C33H57NO4/c1-5-24-28-20-23(35)15-17-33(28,4)27-16-18-32(3)25(13-14-26(32)29(27)30(24)36)21(2)10-9-19-38-31(37)34-22-11-7-6-8-12-22/h21-30,35-36H,5-20H2,1-4H3,(H,34,37)/t21-,23-,24-,25-,26+,27+,28?,29+,30-,32-,33-/m1/s1. The maximum Gasteiger partial charge on any atom is 0.407 e. The molecule has 0 aromatic rings. The number of fused-ring (bicyclic) bond motifs is 5. The van der Waals surface area contributed by atoms with E-state index < -0.39 is 0 Å². The van der Waals surface area contributed by atoms with E-state index in [1.165, 1.54) is 44.9 Å². The Hall–Kier alpha value is -0.810. The zero-order valence-electron chi connectivity index (χ0n) is 24.8. The fraction of sp³-hybridized carbons (Fsp3) is 0.970. The predicted octanol–water partition coefficient (Wildman–Crippen LogP) is 7.09. The van der Waals surface area contributed by atoms with Gasteiger partial charge in [0.25, 0.3) is 0 Å². The lowest BCUT2D eigenvalue weighted by Gasteiger charge is -2.64. The molecule has 0 aromatic heterocycles. The lowest BCUT2D eigenvalue weighted by molar-refractivity contribution is -0.203. The maximum atomic E-state index is 12.2. The molecule has 0 spiro atoms. The van der Waals surface area contributed by atoms with Gasteiger partial charge >= 0.3 is 6.09 Å². The summed E-state index contributed by atoms with van der Waals surface area (Å²) in [7, 11) is 0. The van der Waals surface area contributed by atoms with Crippen LogP contribution in [0.5, 0.6) is 0 Å². The van der Waals surface area contributed by atoms with Crippen molar-refractivity contribution in [3.05, 3.63) is 0 Å². The molecule has 5 nitrogen and oxygen atoms in total. The van der Waals surface area contributed by atoms with E-state index in [1.807, 2.05) is 0 Å². The third kappa shape index (κ3) is 5.17. The highest BCUT2D eigenvalue weighted by molar-refractivity contribution is 5.67. The van der Waals surface area contributed by atoms with Gasteiger partial charge in [-0.1, -0.05) is 53.4 Å². The first-order valence-electron chi connectivity index (χ1n) is 16.5. The number of carbonyl (C=O) groups excluding carboxylic acids is 1.